The highest BCUT2D eigenvalue weighted by Crippen LogP contribution is 2.42. The summed E-state index contributed by atoms with van der Waals surface area (Å²) in [5.74, 6) is -1.09. The van der Waals surface area contributed by atoms with Crippen molar-refractivity contribution in [2.24, 2.45) is 0 Å². The zero-order chi connectivity index (χ0) is 14.5. The fraction of sp³-hybridized carbons (Fsp3) is 0.833. The minimum Gasteiger partial charge on any atom is -0.481 e. The van der Waals surface area contributed by atoms with Crippen molar-refractivity contribution in [3.05, 3.63) is 0 Å². The van der Waals surface area contributed by atoms with Gasteiger partial charge < -0.3 is 20.8 Å². The van der Waals surface area contributed by atoms with Gasteiger partial charge in [0.1, 0.15) is 0 Å². The van der Waals surface area contributed by atoms with E-state index < -0.39 is 18.0 Å². The van der Waals surface area contributed by atoms with E-state index in [1.807, 2.05) is 6.26 Å². The van der Waals surface area contributed by atoms with Gasteiger partial charge in [0.05, 0.1) is 12.0 Å². The van der Waals surface area contributed by atoms with Gasteiger partial charge in [0.25, 0.3) is 0 Å². The maximum absolute atomic E-state index is 11.6. The molecular weight excluding hydrogens is 268 g/mol. The zero-order valence-electron chi connectivity index (χ0n) is 11.4. The number of thioether (sulfide) groups is 1. The van der Waals surface area contributed by atoms with E-state index in [0.717, 1.165) is 12.8 Å². The van der Waals surface area contributed by atoms with Crippen LogP contribution in [0.1, 0.15) is 32.6 Å². The highest BCUT2D eigenvalue weighted by molar-refractivity contribution is 8.00. The first-order valence-electron chi connectivity index (χ1n) is 6.30. The van der Waals surface area contributed by atoms with Crippen LogP contribution in [0, 0.1) is 0 Å². The molecule has 7 heteroatoms. The molecule has 110 valence electrons. The second kappa shape index (κ2) is 6.47. The molecule has 1 fully saturated rings. The van der Waals surface area contributed by atoms with E-state index in [0.29, 0.717) is 6.54 Å². The minimum atomic E-state index is -1.43. The summed E-state index contributed by atoms with van der Waals surface area (Å²) in [4.78, 5) is 22.1. The molecule has 1 atom stereocenters. The molecule has 0 saturated heterocycles. The van der Waals surface area contributed by atoms with E-state index in [4.69, 9.17) is 5.11 Å². The molecule has 4 N–H and O–H groups in total. The molecule has 0 heterocycles. The van der Waals surface area contributed by atoms with Crippen LogP contribution in [0.4, 0.5) is 4.79 Å². The third-order valence-electron chi connectivity index (χ3n) is 3.43. The fourth-order valence-corrected chi connectivity index (χ4v) is 2.90. The predicted octanol–water partition coefficient (Wildman–Crippen LogP) is 0.797. The number of carbonyl (C=O) groups excluding carboxylic acids is 1. The summed E-state index contributed by atoms with van der Waals surface area (Å²) in [5, 5.41) is 23.6. The predicted molar refractivity (Wildman–Crippen MR) is 74.4 cm³/mol. The molecule has 1 saturated carbocycles. The summed E-state index contributed by atoms with van der Waals surface area (Å²) in [6.07, 6.45) is 5.03. The third kappa shape index (κ3) is 5.28. The Hall–Kier alpha value is -0.950. The number of carboxylic acid groups (broad SMARTS) is 1. The lowest BCUT2D eigenvalue weighted by Gasteiger charge is -2.40. The monoisotopic (exact) mass is 290 g/mol. The molecule has 6 nitrogen and oxygen atoms in total. The molecule has 1 rings (SSSR count). The van der Waals surface area contributed by atoms with Crippen LogP contribution in [0.5, 0.6) is 0 Å². The van der Waals surface area contributed by atoms with Gasteiger partial charge in [-0.25, -0.2) is 4.79 Å². The van der Waals surface area contributed by atoms with Gasteiger partial charge >= 0.3 is 12.0 Å². The fourth-order valence-electron chi connectivity index (χ4n) is 1.99. The Morgan fingerprint density at radius 1 is 1.37 bits per heavy atom. The van der Waals surface area contributed by atoms with Gasteiger partial charge in [0, 0.05) is 17.8 Å². The lowest BCUT2D eigenvalue weighted by atomic mass is 9.84. The van der Waals surface area contributed by atoms with Crippen LogP contribution in [-0.2, 0) is 4.79 Å². The van der Waals surface area contributed by atoms with Crippen LogP contribution < -0.4 is 10.6 Å². The van der Waals surface area contributed by atoms with Gasteiger partial charge in [0.15, 0.2) is 0 Å². The molecule has 0 radical (unpaired) electrons. The van der Waals surface area contributed by atoms with Crippen LogP contribution in [0.2, 0.25) is 0 Å². The van der Waals surface area contributed by atoms with Crippen molar-refractivity contribution in [2.75, 3.05) is 19.3 Å². The molecule has 0 aromatic carbocycles. The Balaban J connectivity index is 2.26. The topological polar surface area (TPSA) is 98.7 Å². The van der Waals surface area contributed by atoms with E-state index in [1.54, 1.807) is 11.8 Å². The van der Waals surface area contributed by atoms with E-state index >= 15 is 0 Å². The number of urea groups is 1. The molecule has 0 bridgehead atoms. The number of carboxylic acids is 1. The smallest absolute Gasteiger partial charge is 0.314 e. The number of amides is 2. The Bertz CT molecular complexity index is 337. The molecule has 1 aliphatic rings. The zero-order valence-corrected chi connectivity index (χ0v) is 12.2. The van der Waals surface area contributed by atoms with Crippen molar-refractivity contribution in [1.29, 1.82) is 0 Å². The normalized spacial score (nSPS) is 19.9. The molecule has 0 spiro atoms. The highest BCUT2D eigenvalue weighted by Gasteiger charge is 2.36. The van der Waals surface area contributed by atoms with Crippen molar-refractivity contribution >= 4 is 23.8 Å². The second-order valence-electron chi connectivity index (χ2n) is 5.34. The molecule has 0 aliphatic heterocycles. The summed E-state index contributed by atoms with van der Waals surface area (Å²) in [6, 6.07) is -0.369. The SMILES string of the molecule is CSC1(CNC(=O)NCC(C)(O)CC(=O)O)CCC1. The minimum absolute atomic E-state index is 0.0859. The first-order chi connectivity index (χ1) is 8.79. The number of carbonyl (C=O) groups is 2. The number of rotatable bonds is 7. The maximum atomic E-state index is 11.6. The van der Waals surface area contributed by atoms with Gasteiger partial charge in [-0.3, -0.25) is 4.79 Å². The highest BCUT2D eigenvalue weighted by atomic mass is 32.2. The van der Waals surface area contributed by atoms with E-state index in [2.05, 4.69) is 10.6 Å². The number of aliphatic hydroxyl groups is 1. The van der Waals surface area contributed by atoms with Crippen molar-refractivity contribution in [3.63, 3.8) is 0 Å². The second-order valence-corrected chi connectivity index (χ2v) is 6.62. The van der Waals surface area contributed by atoms with Crippen LogP contribution in [0.15, 0.2) is 0 Å². The average Bonchev–Trinajstić information content (AvgIpc) is 2.24. The van der Waals surface area contributed by atoms with E-state index in [-0.39, 0.29) is 17.3 Å². The molecular formula is C12H22N2O4S. The van der Waals surface area contributed by atoms with Crippen LogP contribution in [0.25, 0.3) is 0 Å². The summed E-state index contributed by atoms with van der Waals surface area (Å²) in [5.41, 5.74) is -1.43. The molecule has 19 heavy (non-hydrogen) atoms. The maximum Gasteiger partial charge on any atom is 0.314 e. The quantitative estimate of drug-likeness (QED) is 0.556. The molecule has 0 aromatic heterocycles. The van der Waals surface area contributed by atoms with Crippen molar-refractivity contribution in [1.82, 2.24) is 10.6 Å². The summed E-state index contributed by atoms with van der Waals surface area (Å²) < 4.78 is 0.154. The summed E-state index contributed by atoms with van der Waals surface area (Å²) in [6.45, 7) is 1.90. The Kier molecular flexibility index (Phi) is 5.49. The van der Waals surface area contributed by atoms with Crippen LogP contribution in [-0.4, -0.2) is 51.9 Å². The lowest BCUT2D eigenvalue weighted by Crippen LogP contribution is -2.50. The Morgan fingerprint density at radius 3 is 2.42 bits per heavy atom. The van der Waals surface area contributed by atoms with Crippen molar-refractivity contribution in [3.8, 4) is 0 Å². The van der Waals surface area contributed by atoms with E-state index in [9.17, 15) is 14.7 Å². The number of nitrogens with one attached hydrogen (secondary N) is 2. The van der Waals surface area contributed by atoms with Gasteiger partial charge in [0.2, 0.25) is 0 Å². The van der Waals surface area contributed by atoms with Crippen LogP contribution in [0.3, 0.4) is 0 Å². The summed E-state index contributed by atoms with van der Waals surface area (Å²) >= 11 is 1.76. The molecule has 1 aliphatic carbocycles. The number of aliphatic carboxylic acids is 1. The number of hydrogen-bond acceptors (Lipinski definition) is 4. The Labute approximate surface area is 117 Å². The van der Waals surface area contributed by atoms with Gasteiger partial charge in [-0.1, -0.05) is 6.42 Å². The standard InChI is InChI=1S/C12H22N2O4S/c1-11(18,6-9(15)16)7-13-10(17)14-8-12(19-2)4-3-5-12/h18H,3-8H2,1-2H3,(H,15,16)(H2,13,14,17). The van der Waals surface area contributed by atoms with Gasteiger partial charge in [-0.15, -0.1) is 0 Å². The average molecular weight is 290 g/mol. The van der Waals surface area contributed by atoms with Crippen molar-refractivity contribution < 1.29 is 19.8 Å². The molecule has 0 aromatic rings. The largest absolute Gasteiger partial charge is 0.481 e. The third-order valence-corrected chi connectivity index (χ3v) is 4.85. The lowest BCUT2D eigenvalue weighted by molar-refractivity contribution is -0.141. The van der Waals surface area contributed by atoms with Crippen molar-refractivity contribution in [2.45, 2.75) is 43.0 Å². The van der Waals surface area contributed by atoms with E-state index in [1.165, 1.54) is 13.3 Å². The van der Waals surface area contributed by atoms with Gasteiger partial charge in [-0.05, 0) is 26.0 Å². The molecule has 1 unspecified atom stereocenters. The summed E-state index contributed by atoms with van der Waals surface area (Å²) in [7, 11) is 0. The van der Waals surface area contributed by atoms with Crippen LogP contribution >= 0.6 is 11.8 Å². The number of hydrogen-bond donors (Lipinski definition) is 4. The first-order valence-corrected chi connectivity index (χ1v) is 7.52. The van der Waals surface area contributed by atoms with Gasteiger partial charge in [-0.2, -0.15) is 11.8 Å². The Morgan fingerprint density at radius 2 is 2.00 bits per heavy atom. The first kappa shape index (κ1) is 16.1. The molecule has 2 amide bonds.